The molecule has 0 unspecified atom stereocenters. The van der Waals surface area contributed by atoms with Gasteiger partial charge in [-0.05, 0) is 54.3 Å². The Morgan fingerprint density at radius 1 is 1.18 bits per heavy atom. The van der Waals surface area contributed by atoms with Gasteiger partial charge in [0.2, 0.25) is 0 Å². The molecular weight excluding hydrogens is 352 g/mol. The van der Waals surface area contributed by atoms with E-state index in [0.29, 0.717) is 23.9 Å². The van der Waals surface area contributed by atoms with Crippen molar-refractivity contribution in [2.45, 2.75) is 26.7 Å². The lowest BCUT2D eigenvalue weighted by Crippen LogP contribution is -2.18. The predicted molar refractivity (Wildman–Crippen MR) is 111 cm³/mol. The summed E-state index contributed by atoms with van der Waals surface area (Å²) in [4.78, 5) is 12.2. The Hall–Kier alpha value is -3.41. The van der Waals surface area contributed by atoms with Crippen molar-refractivity contribution in [1.82, 2.24) is 15.6 Å². The Kier molecular flexibility index (Phi) is 6.22. The fourth-order valence-electron chi connectivity index (χ4n) is 2.67. The smallest absolute Gasteiger partial charge is 0.289 e. The summed E-state index contributed by atoms with van der Waals surface area (Å²) in [7, 11) is 0. The van der Waals surface area contributed by atoms with Crippen molar-refractivity contribution in [3.8, 4) is 17.0 Å². The first-order valence-corrected chi connectivity index (χ1v) is 9.29. The van der Waals surface area contributed by atoms with Gasteiger partial charge < -0.3 is 4.74 Å². The van der Waals surface area contributed by atoms with Gasteiger partial charge in [0.1, 0.15) is 11.4 Å². The molecule has 0 spiro atoms. The van der Waals surface area contributed by atoms with Crippen LogP contribution in [0.15, 0.2) is 59.7 Å². The van der Waals surface area contributed by atoms with Crippen LogP contribution < -0.4 is 10.2 Å². The number of benzene rings is 2. The Morgan fingerprint density at radius 3 is 2.54 bits per heavy atom. The highest BCUT2D eigenvalue weighted by atomic mass is 16.5. The van der Waals surface area contributed by atoms with Crippen LogP contribution in [0.5, 0.6) is 5.75 Å². The number of hydrogen-bond donors (Lipinski definition) is 2. The second-order valence-electron chi connectivity index (χ2n) is 6.64. The third kappa shape index (κ3) is 4.85. The summed E-state index contributed by atoms with van der Waals surface area (Å²) in [5.41, 5.74) is 6.62. The van der Waals surface area contributed by atoms with Crippen LogP contribution >= 0.6 is 0 Å². The number of carbonyl (C=O) groups is 1. The Morgan fingerprint density at radius 2 is 1.89 bits per heavy atom. The fourth-order valence-corrected chi connectivity index (χ4v) is 2.67. The minimum absolute atomic E-state index is 0.344. The third-order valence-corrected chi connectivity index (χ3v) is 4.27. The van der Waals surface area contributed by atoms with E-state index in [2.05, 4.69) is 46.7 Å². The van der Waals surface area contributed by atoms with Gasteiger partial charge in [0.25, 0.3) is 5.91 Å². The van der Waals surface area contributed by atoms with E-state index in [1.54, 1.807) is 12.3 Å². The molecule has 0 atom stereocenters. The van der Waals surface area contributed by atoms with Gasteiger partial charge >= 0.3 is 0 Å². The van der Waals surface area contributed by atoms with Crippen LogP contribution in [0, 0.1) is 0 Å². The summed E-state index contributed by atoms with van der Waals surface area (Å²) in [6, 6.07) is 17.3. The van der Waals surface area contributed by atoms with Gasteiger partial charge in [-0.3, -0.25) is 9.89 Å². The standard InChI is InChI=1S/C22H24N4O2/c1-4-28-19-11-9-18(10-12-19)20-13-21(25-24-20)22(27)26-23-14-16-5-7-17(8-6-16)15(2)3/h5-15H,4H2,1-3H3,(H,24,25)(H,26,27)/b23-14+. The van der Waals surface area contributed by atoms with Crippen molar-refractivity contribution in [2.75, 3.05) is 6.61 Å². The Bertz CT molecular complexity index is 941. The monoisotopic (exact) mass is 376 g/mol. The van der Waals surface area contributed by atoms with E-state index in [9.17, 15) is 4.79 Å². The maximum absolute atomic E-state index is 12.2. The summed E-state index contributed by atoms with van der Waals surface area (Å²) in [6.45, 7) is 6.86. The second-order valence-corrected chi connectivity index (χ2v) is 6.64. The van der Waals surface area contributed by atoms with Crippen LogP contribution in [0.3, 0.4) is 0 Å². The van der Waals surface area contributed by atoms with E-state index in [4.69, 9.17) is 4.74 Å². The first-order valence-electron chi connectivity index (χ1n) is 9.29. The molecule has 0 radical (unpaired) electrons. The van der Waals surface area contributed by atoms with Gasteiger partial charge in [-0.25, -0.2) is 5.43 Å². The average molecular weight is 376 g/mol. The second kappa shape index (κ2) is 8.99. The molecule has 2 aromatic carbocycles. The number of nitrogens with zero attached hydrogens (tertiary/aromatic N) is 2. The van der Waals surface area contributed by atoms with E-state index in [1.807, 2.05) is 43.3 Å². The van der Waals surface area contributed by atoms with Gasteiger partial charge in [0.15, 0.2) is 0 Å². The predicted octanol–water partition coefficient (Wildman–Crippen LogP) is 4.36. The van der Waals surface area contributed by atoms with E-state index in [0.717, 1.165) is 16.9 Å². The quantitative estimate of drug-likeness (QED) is 0.475. The van der Waals surface area contributed by atoms with Crippen molar-refractivity contribution in [1.29, 1.82) is 0 Å². The Balaban J connectivity index is 1.60. The number of nitrogens with one attached hydrogen (secondary N) is 2. The van der Waals surface area contributed by atoms with E-state index >= 15 is 0 Å². The lowest BCUT2D eigenvalue weighted by Gasteiger charge is -2.04. The molecule has 3 rings (SSSR count). The molecule has 0 saturated carbocycles. The topological polar surface area (TPSA) is 79.4 Å². The normalized spacial score (nSPS) is 11.1. The Labute approximate surface area is 164 Å². The van der Waals surface area contributed by atoms with E-state index in [1.165, 1.54) is 5.56 Å². The van der Waals surface area contributed by atoms with Gasteiger partial charge in [-0.1, -0.05) is 38.1 Å². The molecule has 1 heterocycles. The fraction of sp³-hybridized carbons (Fsp3) is 0.227. The number of aromatic amines is 1. The van der Waals surface area contributed by atoms with E-state index < -0.39 is 0 Å². The molecule has 0 aliphatic rings. The van der Waals surface area contributed by atoms with Crippen molar-refractivity contribution >= 4 is 12.1 Å². The van der Waals surface area contributed by atoms with Crippen LogP contribution in [0.1, 0.15) is 48.3 Å². The minimum atomic E-state index is -0.347. The SMILES string of the molecule is CCOc1ccc(-c2cc(C(=O)N/N=C/c3ccc(C(C)C)cc3)[nH]n2)cc1. The molecule has 0 aliphatic heterocycles. The lowest BCUT2D eigenvalue weighted by molar-refractivity contribution is 0.0950. The molecule has 3 aromatic rings. The third-order valence-electron chi connectivity index (χ3n) is 4.27. The number of hydrazone groups is 1. The van der Waals surface area contributed by atoms with Crippen LogP contribution in [0.2, 0.25) is 0 Å². The zero-order valence-corrected chi connectivity index (χ0v) is 16.3. The van der Waals surface area contributed by atoms with Crippen LogP contribution in [0.4, 0.5) is 0 Å². The number of carbonyl (C=O) groups excluding carboxylic acids is 1. The van der Waals surface area contributed by atoms with Crippen LogP contribution in [-0.2, 0) is 0 Å². The van der Waals surface area contributed by atoms with Crippen molar-refractivity contribution in [3.63, 3.8) is 0 Å². The highest BCUT2D eigenvalue weighted by Crippen LogP contribution is 2.21. The van der Waals surface area contributed by atoms with Crippen LogP contribution in [-0.4, -0.2) is 28.9 Å². The molecule has 1 amide bonds. The summed E-state index contributed by atoms with van der Waals surface area (Å²) in [5.74, 6) is 0.936. The number of ether oxygens (including phenoxy) is 1. The summed E-state index contributed by atoms with van der Waals surface area (Å²) >= 11 is 0. The van der Waals surface area contributed by atoms with Gasteiger partial charge in [-0.15, -0.1) is 0 Å². The first kappa shape index (κ1) is 19.4. The van der Waals surface area contributed by atoms with E-state index in [-0.39, 0.29) is 5.91 Å². The zero-order chi connectivity index (χ0) is 19.9. The molecule has 2 N–H and O–H groups in total. The van der Waals surface area contributed by atoms with Gasteiger partial charge in [0, 0.05) is 5.56 Å². The molecule has 6 nitrogen and oxygen atoms in total. The number of amides is 1. The number of hydrogen-bond acceptors (Lipinski definition) is 4. The maximum atomic E-state index is 12.2. The minimum Gasteiger partial charge on any atom is -0.494 e. The van der Waals surface area contributed by atoms with Crippen molar-refractivity contribution in [2.24, 2.45) is 5.10 Å². The molecule has 0 fully saturated rings. The number of H-pyrrole nitrogens is 1. The summed E-state index contributed by atoms with van der Waals surface area (Å²) in [6.07, 6.45) is 1.62. The zero-order valence-electron chi connectivity index (χ0n) is 16.3. The summed E-state index contributed by atoms with van der Waals surface area (Å²) < 4.78 is 5.43. The lowest BCUT2D eigenvalue weighted by atomic mass is 10.0. The average Bonchev–Trinajstić information content (AvgIpc) is 3.19. The van der Waals surface area contributed by atoms with Crippen LogP contribution in [0.25, 0.3) is 11.3 Å². The van der Waals surface area contributed by atoms with Gasteiger partial charge in [0.05, 0.1) is 18.5 Å². The highest BCUT2D eigenvalue weighted by molar-refractivity contribution is 5.94. The van der Waals surface area contributed by atoms with Gasteiger partial charge in [-0.2, -0.15) is 10.2 Å². The van der Waals surface area contributed by atoms with Crippen molar-refractivity contribution in [3.05, 3.63) is 71.4 Å². The molecule has 6 heteroatoms. The van der Waals surface area contributed by atoms with Crippen molar-refractivity contribution < 1.29 is 9.53 Å². The highest BCUT2D eigenvalue weighted by Gasteiger charge is 2.10. The number of rotatable bonds is 7. The molecular formula is C22H24N4O2. The maximum Gasteiger partial charge on any atom is 0.289 e. The molecule has 28 heavy (non-hydrogen) atoms. The largest absolute Gasteiger partial charge is 0.494 e. The molecule has 144 valence electrons. The number of aromatic nitrogens is 2. The molecule has 0 saturated heterocycles. The molecule has 1 aromatic heterocycles. The molecule has 0 aliphatic carbocycles. The summed E-state index contributed by atoms with van der Waals surface area (Å²) in [5, 5.41) is 11.0. The molecule has 0 bridgehead atoms. The first-order chi connectivity index (χ1) is 13.6.